The summed E-state index contributed by atoms with van der Waals surface area (Å²) in [7, 11) is -0.546. The van der Waals surface area contributed by atoms with Gasteiger partial charge in [0.25, 0.3) is 0 Å². The van der Waals surface area contributed by atoms with Crippen LogP contribution in [0.5, 0.6) is 0 Å². The molecule has 0 saturated heterocycles. The van der Waals surface area contributed by atoms with E-state index in [-0.39, 0.29) is 0 Å². The predicted molar refractivity (Wildman–Crippen MR) is 94.4 cm³/mol. The molecule has 1 saturated carbocycles. The summed E-state index contributed by atoms with van der Waals surface area (Å²) < 4.78 is 6.57. The predicted octanol–water partition coefficient (Wildman–Crippen LogP) is 4.30. The van der Waals surface area contributed by atoms with Gasteiger partial charge in [0.1, 0.15) is 0 Å². The molecular weight excluding hydrogens is 276 g/mol. The molecule has 1 aliphatic rings. The van der Waals surface area contributed by atoms with Crippen molar-refractivity contribution in [3.05, 3.63) is 0 Å². The molecule has 0 aromatic heterocycles. The molecule has 21 heavy (non-hydrogen) atoms. The Balaban J connectivity index is 2.60. The Morgan fingerprint density at radius 2 is 1.62 bits per heavy atom. The molecule has 0 radical (unpaired) electrons. The summed E-state index contributed by atoms with van der Waals surface area (Å²) in [4.78, 5) is 0. The molecule has 2 atom stereocenters. The lowest BCUT2D eigenvalue weighted by atomic mass is 9.77. The summed E-state index contributed by atoms with van der Waals surface area (Å²) in [6, 6.07) is 0. The van der Waals surface area contributed by atoms with E-state index in [1.54, 1.807) is 0 Å². The van der Waals surface area contributed by atoms with Crippen LogP contribution in [-0.4, -0.2) is 27.6 Å². The summed E-state index contributed by atoms with van der Waals surface area (Å²) >= 11 is 0. The Labute approximate surface area is 135 Å². The second-order valence-corrected chi connectivity index (χ2v) is 10.5. The summed E-state index contributed by atoms with van der Waals surface area (Å²) in [6.45, 7) is 14.5. The van der Waals surface area contributed by atoms with Crippen molar-refractivity contribution >= 4 is 9.76 Å². The fourth-order valence-corrected chi connectivity index (χ4v) is 5.97. The van der Waals surface area contributed by atoms with Gasteiger partial charge < -0.3 is 9.53 Å². The van der Waals surface area contributed by atoms with E-state index in [1.165, 1.54) is 25.7 Å². The highest BCUT2D eigenvalue weighted by molar-refractivity contribution is 6.30. The van der Waals surface area contributed by atoms with Gasteiger partial charge >= 0.3 is 0 Å². The van der Waals surface area contributed by atoms with Gasteiger partial charge in [0, 0.05) is 12.7 Å². The van der Waals surface area contributed by atoms with Crippen LogP contribution in [-0.2, 0) is 4.43 Å². The van der Waals surface area contributed by atoms with E-state index >= 15 is 0 Å². The maximum Gasteiger partial charge on any atom is 0.166 e. The highest BCUT2D eigenvalue weighted by Gasteiger charge is 2.37. The van der Waals surface area contributed by atoms with Crippen molar-refractivity contribution in [1.82, 2.24) is 0 Å². The van der Waals surface area contributed by atoms with Crippen molar-refractivity contribution in [2.24, 2.45) is 16.7 Å². The largest absolute Gasteiger partial charge is 0.421 e. The molecule has 126 valence electrons. The third-order valence-electron chi connectivity index (χ3n) is 5.14. The first-order valence-corrected chi connectivity index (χ1v) is 10.3. The molecule has 1 aliphatic carbocycles. The van der Waals surface area contributed by atoms with E-state index in [0.29, 0.717) is 35.0 Å². The Bertz CT molecular complexity index is 277. The quantitative estimate of drug-likeness (QED) is 0.741. The van der Waals surface area contributed by atoms with Crippen LogP contribution in [0.4, 0.5) is 0 Å². The average Bonchev–Trinajstić information content (AvgIpc) is 2.34. The molecule has 0 aromatic carbocycles. The van der Waals surface area contributed by atoms with Crippen molar-refractivity contribution in [1.29, 1.82) is 0 Å². The van der Waals surface area contributed by atoms with Gasteiger partial charge in [-0.1, -0.05) is 54.4 Å². The molecule has 0 spiro atoms. The lowest BCUT2D eigenvalue weighted by Crippen LogP contribution is -2.37. The molecule has 2 unspecified atom stereocenters. The van der Waals surface area contributed by atoms with Gasteiger partial charge in [0.2, 0.25) is 0 Å². The SMILES string of the molecule is CC(C)(C)C([SiH2]OC1CCCCC1CCCO)C(C)(C)C. The first-order chi connectivity index (χ1) is 9.66. The number of hydrogen-bond donors (Lipinski definition) is 1. The average molecular weight is 315 g/mol. The zero-order chi connectivity index (χ0) is 16.1. The third-order valence-corrected chi connectivity index (χ3v) is 8.54. The van der Waals surface area contributed by atoms with Crippen molar-refractivity contribution in [2.45, 2.75) is 91.7 Å². The molecule has 3 heteroatoms. The zero-order valence-electron chi connectivity index (χ0n) is 15.2. The van der Waals surface area contributed by atoms with Gasteiger partial charge in [-0.15, -0.1) is 0 Å². The molecular formula is C18H38O2Si. The monoisotopic (exact) mass is 314 g/mol. The van der Waals surface area contributed by atoms with Crippen LogP contribution >= 0.6 is 0 Å². The van der Waals surface area contributed by atoms with Gasteiger partial charge in [-0.3, -0.25) is 0 Å². The fourth-order valence-electron chi connectivity index (χ4n) is 4.10. The van der Waals surface area contributed by atoms with E-state index in [1.807, 2.05) is 0 Å². The van der Waals surface area contributed by atoms with Crippen LogP contribution in [0.3, 0.4) is 0 Å². The molecule has 0 aliphatic heterocycles. The van der Waals surface area contributed by atoms with Crippen LogP contribution in [0, 0.1) is 16.7 Å². The molecule has 1 rings (SSSR count). The van der Waals surface area contributed by atoms with E-state index < -0.39 is 9.76 Å². The molecule has 1 fully saturated rings. The maximum absolute atomic E-state index is 9.08. The van der Waals surface area contributed by atoms with Crippen molar-refractivity contribution in [3.63, 3.8) is 0 Å². The lowest BCUT2D eigenvalue weighted by molar-refractivity contribution is 0.0759. The number of rotatable bonds is 6. The van der Waals surface area contributed by atoms with E-state index in [2.05, 4.69) is 41.5 Å². The molecule has 2 nitrogen and oxygen atoms in total. The molecule has 1 N–H and O–H groups in total. The van der Waals surface area contributed by atoms with E-state index in [9.17, 15) is 0 Å². The Morgan fingerprint density at radius 1 is 1.05 bits per heavy atom. The minimum Gasteiger partial charge on any atom is -0.421 e. The number of aliphatic hydroxyl groups is 1. The first kappa shape index (κ1) is 19.2. The van der Waals surface area contributed by atoms with Crippen LogP contribution in [0.25, 0.3) is 0 Å². The van der Waals surface area contributed by atoms with Crippen molar-refractivity contribution in [2.75, 3.05) is 6.61 Å². The van der Waals surface area contributed by atoms with Crippen LogP contribution < -0.4 is 0 Å². The van der Waals surface area contributed by atoms with E-state index in [4.69, 9.17) is 9.53 Å². The summed E-state index contributed by atoms with van der Waals surface area (Å²) in [5.74, 6) is 0.694. The molecule has 0 bridgehead atoms. The summed E-state index contributed by atoms with van der Waals surface area (Å²) in [6.07, 6.45) is 7.77. The highest BCUT2D eigenvalue weighted by Crippen LogP contribution is 2.45. The van der Waals surface area contributed by atoms with Crippen LogP contribution in [0.2, 0.25) is 5.54 Å². The van der Waals surface area contributed by atoms with Gasteiger partial charge in [0.15, 0.2) is 9.76 Å². The smallest absolute Gasteiger partial charge is 0.166 e. The second-order valence-electron chi connectivity index (χ2n) is 9.07. The lowest BCUT2D eigenvalue weighted by Gasteiger charge is -2.42. The maximum atomic E-state index is 9.08. The van der Waals surface area contributed by atoms with Crippen LogP contribution in [0.15, 0.2) is 0 Å². The third kappa shape index (κ3) is 6.41. The summed E-state index contributed by atoms with van der Waals surface area (Å²) in [5.41, 5.74) is 1.37. The van der Waals surface area contributed by atoms with Crippen molar-refractivity contribution < 1.29 is 9.53 Å². The van der Waals surface area contributed by atoms with Crippen molar-refractivity contribution in [3.8, 4) is 0 Å². The zero-order valence-corrected chi connectivity index (χ0v) is 16.7. The van der Waals surface area contributed by atoms with Gasteiger partial charge in [-0.25, -0.2) is 0 Å². The Kier molecular flexibility index (Phi) is 7.42. The minimum absolute atomic E-state index is 0.327. The molecule has 0 heterocycles. The second kappa shape index (κ2) is 8.12. The Hall–Kier alpha value is 0.137. The van der Waals surface area contributed by atoms with Gasteiger partial charge in [0.05, 0.1) is 0 Å². The number of hydrogen-bond acceptors (Lipinski definition) is 2. The Morgan fingerprint density at radius 3 is 2.14 bits per heavy atom. The van der Waals surface area contributed by atoms with Gasteiger partial charge in [-0.2, -0.15) is 0 Å². The van der Waals surface area contributed by atoms with E-state index in [0.717, 1.165) is 12.8 Å². The summed E-state index contributed by atoms with van der Waals surface area (Å²) in [5, 5.41) is 9.08. The topological polar surface area (TPSA) is 29.5 Å². The molecule has 0 amide bonds. The number of aliphatic hydroxyl groups excluding tert-OH is 1. The minimum atomic E-state index is -0.546. The van der Waals surface area contributed by atoms with Gasteiger partial charge in [-0.05, 0) is 48.0 Å². The first-order valence-electron chi connectivity index (χ1n) is 8.88. The van der Waals surface area contributed by atoms with Crippen LogP contribution in [0.1, 0.15) is 80.1 Å². The fraction of sp³-hybridized carbons (Fsp3) is 1.00. The standard InChI is InChI=1S/C18H38O2Si/c1-17(2,3)16(18(4,5)6)21-20-15-12-8-7-10-14(15)11-9-13-19/h14-16,19H,7-13,21H2,1-6H3. The normalized spacial score (nSPS) is 25.1. The highest BCUT2D eigenvalue weighted by atomic mass is 28.2. The molecule has 0 aromatic rings.